The Kier molecular flexibility index (Phi) is 4.91. The fourth-order valence-electron chi connectivity index (χ4n) is 3.90. The van der Waals surface area contributed by atoms with Crippen molar-refractivity contribution >= 4 is 28.9 Å². The predicted molar refractivity (Wildman–Crippen MR) is 104 cm³/mol. The quantitative estimate of drug-likeness (QED) is 0.476. The van der Waals surface area contributed by atoms with Crippen LogP contribution < -0.4 is 10.6 Å². The highest BCUT2D eigenvalue weighted by Crippen LogP contribution is 2.40. The average Bonchev–Trinajstić information content (AvgIpc) is 2.63. The van der Waals surface area contributed by atoms with Crippen LogP contribution in [0.25, 0.3) is 0 Å². The van der Waals surface area contributed by atoms with Crippen LogP contribution in [0.1, 0.15) is 28.8 Å². The Morgan fingerprint density at radius 3 is 2.41 bits per heavy atom. The van der Waals surface area contributed by atoms with E-state index in [1.165, 1.54) is 6.07 Å². The summed E-state index contributed by atoms with van der Waals surface area (Å²) in [7, 11) is 3.60. The number of aromatic hydroxyl groups is 1. The molecule has 0 spiro atoms. The number of carbonyl (C=O) groups excluding carboxylic acids is 3. The first-order valence-corrected chi connectivity index (χ1v) is 8.89. The Morgan fingerprint density at radius 2 is 1.83 bits per heavy atom. The number of fused-ring (bicyclic) bond motifs is 1. The Labute approximate surface area is 166 Å². The Balaban J connectivity index is 1.97. The molecule has 2 aliphatic carbocycles. The number of phenolic OH excluding ortho intramolecular Hbond substituents is 1. The number of allylic oxidation sites excluding steroid dienone is 2. The van der Waals surface area contributed by atoms with Crippen molar-refractivity contribution in [2.45, 2.75) is 19.3 Å². The van der Waals surface area contributed by atoms with Crippen LogP contribution in [0.2, 0.25) is 0 Å². The van der Waals surface area contributed by atoms with E-state index in [0.29, 0.717) is 12.0 Å². The Morgan fingerprint density at radius 1 is 1.17 bits per heavy atom. The lowest BCUT2D eigenvalue weighted by molar-refractivity contribution is -0.117. The van der Waals surface area contributed by atoms with E-state index in [2.05, 4.69) is 0 Å². The van der Waals surface area contributed by atoms with E-state index < -0.39 is 40.4 Å². The number of ketones is 2. The number of amides is 1. The van der Waals surface area contributed by atoms with Crippen molar-refractivity contribution in [3.63, 3.8) is 0 Å². The summed E-state index contributed by atoms with van der Waals surface area (Å²) in [5, 5.41) is 38.2. The highest BCUT2D eigenvalue weighted by molar-refractivity contribution is 6.34. The van der Waals surface area contributed by atoms with E-state index in [9.17, 15) is 29.7 Å². The maximum atomic E-state index is 12.7. The summed E-state index contributed by atoms with van der Waals surface area (Å²) < 4.78 is 0. The molecule has 0 radical (unpaired) electrons. The third-order valence-corrected chi connectivity index (χ3v) is 5.23. The summed E-state index contributed by atoms with van der Waals surface area (Å²) in [5.41, 5.74) is 4.99. The van der Waals surface area contributed by atoms with E-state index in [1.54, 1.807) is 25.1 Å². The molecule has 0 fully saturated rings. The fourth-order valence-corrected chi connectivity index (χ4v) is 3.90. The van der Waals surface area contributed by atoms with Gasteiger partial charge in [-0.25, -0.2) is 0 Å². The van der Waals surface area contributed by atoms with E-state index in [-0.39, 0.29) is 35.5 Å². The molecule has 0 heterocycles. The van der Waals surface area contributed by atoms with Crippen LogP contribution in [-0.4, -0.2) is 52.6 Å². The van der Waals surface area contributed by atoms with Gasteiger partial charge >= 0.3 is 0 Å². The van der Waals surface area contributed by atoms with Crippen LogP contribution in [0.4, 0.5) is 5.69 Å². The van der Waals surface area contributed by atoms with Gasteiger partial charge < -0.3 is 26.0 Å². The zero-order chi connectivity index (χ0) is 21.6. The van der Waals surface area contributed by atoms with Gasteiger partial charge in [0.25, 0.3) is 5.91 Å². The van der Waals surface area contributed by atoms with Gasteiger partial charge in [0.1, 0.15) is 22.8 Å². The molecule has 152 valence electrons. The van der Waals surface area contributed by atoms with Crippen molar-refractivity contribution in [3.8, 4) is 5.75 Å². The molecule has 9 heteroatoms. The molecule has 1 aromatic rings. The van der Waals surface area contributed by atoms with Crippen molar-refractivity contribution in [1.29, 1.82) is 5.41 Å². The first-order valence-electron chi connectivity index (χ1n) is 8.89. The minimum Gasteiger partial charge on any atom is -0.507 e. The number of anilines is 1. The summed E-state index contributed by atoms with van der Waals surface area (Å²) in [4.78, 5) is 38.3. The molecular formula is C20H21N3O6. The molecule has 0 saturated heterocycles. The number of carbonyl (C=O) groups is 3. The van der Waals surface area contributed by atoms with Gasteiger partial charge in [0.15, 0.2) is 11.5 Å². The van der Waals surface area contributed by atoms with E-state index in [0.717, 1.165) is 5.69 Å². The highest BCUT2D eigenvalue weighted by Gasteiger charge is 2.38. The first kappa shape index (κ1) is 20.1. The van der Waals surface area contributed by atoms with Crippen molar-refractivity contribution in [2.75, 3.05) is 19.0 Å². The van der Waals surface area contributed by atoms with Crippen molar-refractivity contribution in [1.82, 2.24) is 0 Å². The number of aliphatic hydroxyl groups is 2. The zero-order valence-corrected chi connectivity index (χ0v) is 15.9. The molecule has 9 nitrogen and oxygen atoms in total. The lowest BCUT2D eigenvalue weighted by atomic mass is 9.77. The van der Waals surface area contributed by atoms with Crippen LogP contribution >= 0.6 is 0 Å². The number of aliphatic hydroxyl groups excluding tert-OH is 2. The van der Waals surface area contributed by atoms with E-state index >= 15 is 0 Å². The van der Waals surface area contributed by atoms with Crippen molar-refractivity contribution in [2.24, 2.45) is 11.7 Å². The molecule has 0 unspecified atom stereocenters. The normalized spacial score (nSPS) is 19.5. The third kappa shape index (κ3) is 3.24. The number of nitrogens with one attached hydrogen (secondary N) is 1. The smallest absolute Gasteiger partial charge is 0.254 e. The third-order valence-electron chi connectivity index (χ3n) is 5.23. The number of benzene rings is 1. The van der Waals surface area contributed by atoms with Crippen LogP contribution in [0.15, 0.2) is 34.8 Å². The molecule has 0 bridgehead atoms. The van der Waals surface area contributed by atoms with Gasteiger partial charge in [0.2, 0.25) is 5.78 Å². The lowest BCUT2D eigenvalue weighted by Gasteiger charge is -2.29. The summed E-state index contributed by atoms with van der Waals surface area (Å²) >= 11 is 0. The predicted octanol–water partition coefficient (Wildman–Crippen LogP) is 1.31. The van der Waals surface area contributed by atoms with Crippen molar-refractivity contribution in [3.05, 3.63) is 45.9 Å². The van der Waals surface area contributed by atoms with Gasteiger partial charge in [-0.15, -0.1) is 0 Å². The number of hydrogen-bond acceptors (Lipinski definition) is 8. The van der Waals surface area contributed by atoms with E-state index in [1.807, 2.05) is 0 Å². The first-order chi connectivity index (χ1) is 13.5. The lowest BCUT2D eigenvalue weighted by Crippen LogP contribution is -2.32. The maximum absolute atomic E-state index is 12.7. The molecule has 0 saturated carbocycles. The number of rotatable bonds is 4. The molecule has 29 heavy (non-hydrogen) atoms. The SMILES string of the molecule is CN(C)c1ccc(O)c2c1C[C@@H](CC1=C(O)C(=N)C(C(N)=O)=C(O)C1=O)CC2=O. The standard InChI is InChI=1S/C20H21N3O6/c1-23(2)11-3-4-12(24)14-9(11)5-8(7-13(14)25)6-10-17(26)16(21)15(20(22)29)19(28)18(10)27/h3-4,8,21,24,26,28H,5-7H2,1-2H3,(H2,22,29)/t8-/m0/s1. The van der Waals surface area contributed by atoms with Gasteiger partial charge in [-0.05, 0) is 36.5 Å². The summed E-state index contributed by atoms with van der Waals surface area (Å²) in [6.45, 7) is 0. The molecular weight excluding hydrogens is 378 g/mol. The summed E-state index contributed by atoms with van der Waals surface area (Å²) in [6, 6.07) is 3.15. The molecule has 1 atom stereocenters. The number of hydrogen-bond donors (Lipinski definition) is 5. The molecule has 1 amide bonds. The molecule has 0 aromatic heterocycles. The molecule has 1 aromatic carbocycles. The van der Waals surface area contributed by atoms with Gasteiger partial charge in [0.05, 0.1) is 5.56 Å². The van der Waals surface area contributed by atoms with Gasteiger partial charge in [-0.1, -0.05) is 0 Å². The van der Waals surface area contributed by atoms with Crippen LogP contribution in [0, 0.1) is 11.3 Å². The minimum absolute atomic E-state index is 0.0159. The van der Waals surface area contributed by atoms with Crippen LogP contribution in [-0.2, 0) is 16.0 Å². The minimum atomic E-state index is -1.20. The Bertz CT molecular complexity index is 1030. The molecule has 6 N–H and O–H groups in total. The largest absolute Gasteiger partial charge is 0.507 e. The molecule has 0 aliphatic heterocycles. The Hall–Kier alpha value is -3.62. The average molecular weight is 399 g/mol. The van der Waals surface area contributed by atoms with Gasteiger partial charge in [-0.3, -0.25) is 19.8 Å². The van der Waals surface area contributed by atoms with E-state index in [4.69, 9.17) is 11.1 Å². The number of Topliss-reactive ketones (excluding diaryl/α,β-unsaturated/α-hetero) is 2. The number of primary amides is 1. The number of nitrogens with zero attached hydrogens (tertiary/aromatic N) is 1. The second-order valence-corrected chi connectivity index (χ2v) is 7.37. The summed E-state index contributed by atoms with van der Waals surface area (Å²) in [5.74, 6) is -4.72. The molecule has 2 aliphatic rings. The van der Waals surface area contributed by atoms with Crippen LogP contribution in [0.5, 0.6) is 5.75 Å². The number of phenols is 1. The topological polar surface area (TPSA) is 165 Å². The highest BCUT2D eigenvalue weighted by atomic mass is 16.3. The second kappa shape index (κ2) is 7.08. The zero-order valence-electron chi connectivity index (χ0n) is 15.9. The maximum Gasteiger partial charge on any atom is 0.254 e. The number of nitrogens with two attached hydrogens (primary N) is 1. The molecule has 3 rings (SSSR count). The summed E-state index contributed by atoms with van der Waals surface area (Å²) in [6.07, 6.45) is 0.270. The van der Waals surface area contributed by atoms with Crippen molar-refractivity contribution < 1.29 is 29.7 Å². The fraction of sp³-hybridized carbons (Fsp3) is 0.300. The second-order valence-electron chi connectivity index (χ2n) is 7.37. The van der Waals surface area contributed by atoms with Crippen LogP contribution in [0.3, 0.4) is 0 Å². The van der Waals surface area contributed by atoms with Gasteiger partial charge in [0, 0.05) is 31.8 Å². The van der Waals surface area contributed by atoms with Gasteiger partial charge in [-0.2, -0.15) is 0 Å². The monoisotopic (exact) mass is 399 g/mol.